The van der Waals surface area contributed by atoms with E-state index in [4.69, 9.17) is 0 Å². The van der Waals surface area contributed by atoms with Crippen LogP contribution in [0.3, 0.4) is 0 Å². The summed E-state index contributed by atoms with van der Waals surface area (Å²) in [6.45, 7) is 0. The lowest BCUT2D eigenvalue weighted by Gasteiger charge is -2.04. The Kier molecular flexibility index (Phi) is 1.33. The Hall–Kier alpha value is -1.78. The first-order valence-electron chi connectivity index (χ1n) is 3.18. The van der Waals surface area contributed by atoms with Gasteiger partial charge in [0.05, 0.1) is 0 Å². The van der Waals surface area contributed by atoms with Crippen molar-refractivity contribution in [3.63, 3.8) is 0 Å². The first-order chi connectivity index (χ1) is 5.45. The fourth-order valence-electron chi connectivity index (χ4n) is 0.770. The lowest BCUT2D eigenvalue weighted by atomic mass is 10.9. The fraction of sp³-hybridized carbons (Fsp3) is 0. The van der Waals surface area contributed by atoms with E-state index in [0.29, 0.717) is 0 Å². The van der Waals surface area contributed by atoms with Crippen molar-refractivity contribution in [2.75, 3.05) is 5.53 Å². The molecule has 2 rings (SSSR count). The lowest BCUT2D eigenvalue weighted by molar-refractivity contribution is 0.746. The minimum Gasteiger partial charge on any atom is -0.243 e. The van der Waals surface area contributed by atoms with Gasteiger partial charge in [-0.25, -0.2) is 24.9 Å². The third-order valence-electron chi connectivity index (χ3n) is 1.24. The maximum absolute atomic E-state index is 3.87. The van der Waals surface area contributed by atoms with Crippen molar-refractivity contribution in [2.45, 2.75) is 0 Å². The van der Waals surface area contributed by atoms with Gasteiger partial charge in [-0.15, -0.1) is 0 Å². The standard InChI is InChI=1S/C6H7N5/c1-3-10(5-7-1)9-11-4-2-8-6-11/h1-6,9H. The van der Waals surface area contributed by atoms with E-state index in [0.717, 1.165) is 0 Å². The topological polar surface area (TPSA) is 47.7 Å². The van der Waals surface area contributed by atoms with E-state index in [1.807, 2.05) is 0 Å². The summed E-state index contributed by atoms with van der Waals surface area (Å²) in [6, 6.07) is 0. The summed E-state index contributed by atoms with van der Waals surface area (Å²) in [5.74, 6) is 0. The molecule has 2 heterocycles. The van der Waals surface area contributed by atoms with Crippen LogP contribution in [-0.2, 0) is 0 Å². The summed E-state index contributed by atoms with van der Waals surface area (Å²) in [7, 11) is 0. The highest BCUT2D eigenvalue weighted by atomic mass is 15.6. The van der Waals surface area contributed by atoms with Crippen LogP contribution >= 0.6 is 0 Å². The molecular weight excluding hydrogens is 142 g/mol. The molecule has 56 valence electrons. The molecule has 0 radical (unpaired) electrons. The molecule has 1 N–H and O–H groups in total. The number of aromatic nitrogens is 4. The highest BCUT2D eigenvalue weighted by Gasteiger charge is 1.86. The Balaban J connectivity index is 2.14. The third-order valence-corrected chi connectivity index (χ3v) is 1.24. The molecule has 0 amide bonds. The zero-order valence-electron chi connectivity index (χ0n) is 5.75. The number of hydrogen-bond donors (Lipinski definition) is 1. The van der Waals surface area contributed by atoms with Gasteiger partial charge in [-0.1, -0.05) is 0 Å². The fourth-order valence-corrected chi connectivity index (χ4v) is 0.770. The predicted octanol–water partition coefficient (Wildman–Crippen LogP) is 0.0864. The second-order valence-electron chi connectivity index (χ2n) is 2.04. The third kappa shape index (κ3) is 1.21. The summed E-state index contributed by atoms with van der Waals surface area (Å²) in [5.41, 5.74) is 2.97. The normalized spacial score (nSPS) is 9.82. The van der Waals surface area contributed by atoms with Crippen molar-refractivity contribution in [3.8, 4) is 0 Å². The molecule has 0 aromatic carbocycles. The average Bonchev–Trinajstić information content (AvgIpc) is 2.60. The lowest BCUT2D eigenvalue weighted by Crippen LogP contribution is -2.17. The smallest absolute Gasteiger partial charge is 0.116 e. The van der Waals surface area contributed by atoms with E-state index in [9.17, 15) is 0 Å². The largest absolute Gasteiger partial charge is 0.243 e. The molecule has 5 nitrogen and oxygen atoms in total. The molecule has 0 unspecified atom stereocenters. The van der Waals surface area contributed by atoms with Crippen LogP contribution in [-0.4, -0.2) is 19.3 Å². The van der Waals surface area contributed by atoms with Crippen LogP contribution in [0.5, 0.6) is 0 Å². The van der Waals surface area contributed by atoms with Crippen LogP contribution in [0.25, 0.3) is 0 Å². The maximum atomic E-state index is 3.87. The van der Waals surface area contributed by atoms with Gasteiger partial charge < -0.3 is 0 Å². The monoisotopic (exact) mass is 149 g/mol. The predicted molar refractivity (Wildman–Crippen MR) is 39.2 cm³/mol. The Labute approximate surface area is 63.3 Å². The quantitative estimate of drug-likeness (QED) is 0.658. The second kappa shape index (κ2) is 2.45. The van der Waals surface area contributed by atoms with Crippen LogP contribution < -0.4 is 5.53 Å². The Bertz CT molecular complexity index is 263. The Morgan fingerprint density at radius 2 is 1.45 bits per heavy atom. The summed E-state index contributed by atoms with van der Waals surface area (Å²) < 4.78 is 3.45. The van der Waals surface area contributed by atoms with Gasteiger partial charge in [-0.2, -0.15) is 0 Å². The molecule has 2 aromatic rings. The van der Waals surface area contributed by atoms with E-state index in [2.05, 4.69) is 15.5 Å². The van der Waals surface area contributed by atoms with Crippen LogP contribution in [0.4, 0.5) is 0 Å². The molecule has 0 aliphatic heterocycles. The minimum absolute atomic E-state index is 1.67. The second-order valence-corrected chi connectivity index (χ2v) is 2.04. The minimum atomic E-state index is 1.67. The van der Waals surface area contributed by atoms with Crippen LogP contribution in [0.15, 0.2) is 37.4 Å². The Morgan fingerprint density at radius 3 is 1.82 bits per heavy atom. The van der Waals surface area contributed by atoms with Crippen molar-refractivity contribution in [2.24, 2.45) is 0 Å². The highest BCUT2D eigenvalue weighted by molar-refractivity contribution is 4.83. The molecule has 0 saturated carbocycles. The van der Waals surface area contributed by atoms with E-state index in [1.54, 1.807) is 46.8 Å². The molecule has 0 fully saturated rings. The van der Waals surface area contributed by atoms with E-state index in [1.165, 1.54) is 0 Å². The molecular formula is C6H7N5. The van der Waals surface area contributed by atoms with Crippen molar-refractivity contribution in [1.29, 1.82) is 0 Å². The van der Waals surface area contributed by atoms with Crippen molar-refractivity contribution in [1.82, 2.24) is 19.3 Å². The Morgan fingerprint density at radius 1 is 0.909 bits per heavy atom. The van der Waals surface area contributed by atoms with E-state index < -0.39 is 0 Å². The molecule has 5 heteroatoms. The maximum Gasteiger partial charge on any atom is 0.116 e. The van der Waals surface area contributed by atoms with Crippen molar-refractivity contribution >= 4 is 0 Å². The number of nitrogens with one attached hydrogen (secondary N) is 1. The zero-order chi connectivity index (χ0) is 7.52. The van der Waals surface area contributed by atoms with Gasteiger partial charge in [0.25, 0.3) is 0 Å². The molecule has 0 bridgehead atoms. The number of imidazole rings is 2. The van der Waals surface area contributed by atoms with Crippen LogP contribution in [0, 0.1) is 0 Å². The van der Waals surface area contributed by atoms with Crippen LogP contribution in [0.1, 0.15) is 0 Å². The first kappa shape index (κ1) is 5.96. The number of nitrogens with zero attached hydrogens (tertiary/aromatic N) is 4. The van der Waals surface area contributed by atoms with Gasteiger partial charge in [0.1, 0.15) is 12.7 Å². The van der Waals surface area contributed by atoms with Gasteiger partial charge in [0.2, 0.25) is 0 Å². The molecule has 0 atom stereocenters. The van der Waals surface area contributed by atoms with Gasteiger partial charge >= 0.3 is 0 Å². The van der Waals surface area contributed by atoms with Gasteiger partial charge in [0, 0.05) is 24.8 Å². The summed E-state index contributed by atoms with van der Waals surface area (Å²) >= 11 is 0. The molecule has 11 heavy (non-hydrogen) atoms. The van der Waals surface area contributed by atoms with Crippen molar-refractivity contribution < 1.29 is 0 Å². The summed E-state index contributed by atoms with van der Waals surface area (Å²) in [4.78, 5) is 7.74. The average molecular weight is 149 g/mol. The molecule has 0 saturated heterocycles. The van der Waals surface area contributed by atoms with Gasteiger partial charge in [-0.3, -0.25) is 0 Å². The number of hydrogen-bond acceptors (Lipinski definition) is 3. The SMILES string of the molecule is c1cn(Nn2ccnc2)cn1. The van der Waals surface area contributed by atoms with Crippen LogP contribution in [0.2, 0.25) is 0 Å². The van der Waals surface area contributed by atoms with Crippen molar-refractivity contribution in [3.05, 3.63) is 37.4 Å². The zero-order valence-corrected chi connectivity index (χ0v) is 5.75. The molecule has 0 aliphatic rings. The molecule has 2 aromatic heterocycles. The van der Waals surface area contributed by atoms with E-state index >= 15 is 0 Å². The van der Waals surface area contributed by atoms with Gasteiger partial charge in [0.15, 0.2) is 0 Å². The number of rotatable bonds is 2. The molecule has 0 aliphatic carbocycles. The molecule has 0 spiro atoms. The highest BCUT2D eigenvalue weighted by Crippen LogP contribution is 1.83. The van der Waals surface area contributed by atoms with Gasteiger partial charge in [-0.05, 0) is 0 Å². The first-order valence-corrected chi connectivity index (χ1v) is 3.18. The van der Waals surface area contributed by atoms with E-state index in [-0.39, 0.29) is 0 Å². The summed E-state index contributed by atoms with van der Waals surface area (Å²) in [5, 5.41) is 0. The summed E-state index contributed by atoms with van der Waals surface area (Å²) in [6.07, 6.45) is 10.3.